The molecule has 0 bridgehead atoms. The van der Waals surface area contributed by atoms with E-state index in [4.69, 9.17) is 0 Å². The molecule has 3 aromatic carbocycles. The molecule has 4 nitrogen and oxygen atoms in total. The predicted octanol–water partition coefficient (Wildman–Crippen LogP) is 5.36. The van der Waals surface area contributed by atoms with Gasteiger partial charge >= 0.3 is 0 Å². The van der Waals surface area contributed by atoms with Crippen LogP contribution in [0.3, 0.4) is 0 Å². The smallest absolute Gasteiger partial charge is 0.268 e. The number of anilines is 1. The van der Waals surface area contributed by atoms with Gasteiger partial charge in [0.25, 0.3) is 11.8 Å². The van der Waals surface area contributed by atoms with E-state index in [1.54, 1.807) is 16.7 Å². The summed E-state index contributed by atoms with van der Waals surface area (Å²) in [5, 5.41) is 0. The van der Waals surface area contributed by atoms with E-state index in [1.165, 1.54) is 0 Å². The molecule has 0 saturated carbocycles. The zero-order valence-electron chi connectivity index (χ0n) is 18.5. The molecule has 5 heteroatoms. The Morgan fingerprint density at radius 3 is 2.31 bits per heavy atom. The van der Waals surface area contributed by atoms with Crippen molar-refractivity contribution in [1.29, 1.82) is 0 Å². The van der Waals surface area contributed by atoms with E-state index in [9.17, 15) is 9.59 Å². The van der Waals surface area contributed by atoms with Crippen LogP contribution in [0.2, 0.25) is 0 Å². The molecule has 0 aliphatic carbocycles. The Hall–Kier alpha value is -3.05. The number of hydrogen-bond acceptors (Lipinski definition) is 3. The minimum Gasteiger partial charge on any atom is -0.310 e. The lowest BCUT2D eigenvalue weighted by Crippen LogP contribution is -2.50. The first kappa shape index (κ1) is 20.8. The van der Waals surface area contributed by atoms with Gasteiger partial charge in [-0.3, -0.25) is 9.59 Å². The molecular formula is C27H26N2O2S. The number of para-hydroxylation sites is 1. The highest BCUT2D eigenvalue weighted by Gasteiger charge is 2.63. The molecule has 0 aromatic heterocycles. The fourth-order valence-corrected chi connectivity index (χ4v) is 6.46. The molecule has 0 radical (unpaired) electrons. The quantitative estimate of drug-likeness (QED) is 0.548. The zero-order chi connectivity index (χ0) is 22.5. The minimum atomic E-state index is -1.06. The first-order chi connectivity index (χ1) is 15.3. The monoisotopic (exact) mass is 442 g/mol. The first-order valence-electron chi connectivity index (χ1n) is 10.9. The van der Waals surface area contributed by atoms with Gasteiger partial charge in [0.05, 0.1) is 12.2 Å². The van der Waals surface area contributed by atoms with E-state index in [1.807, 2.05) is 90.7 Å². The second kappa shape index (κ2) is 7.52. The van der Waals surface area contributed by atoms with E-state index in [-0.39, 0.29) is 16.6 Å². The van der Waals surface area contributed by atoms with Crippen LogP contribution in [0.1, 0.15) is 40.9 Å². The Morgan fingerprint density at radius 1 is 0.938 bits per heavy atom. The van der Waals surface area contributed by atoms with Crippen molar-refractivity contribution < 1.29 is 9.59 Å². The number of carbonyl (C=O) groups is 2. The third-order valence-electron chi connectivity index (χ3n) is 6.17. The van der Waals surface area contributed by atoms with Gasteiger partial charge in [-0.2, -0.15) is 0 Å². The maximum atomic E-state index is 14.2. The molecule has 1 spiro atoms. The Balaban J connectivity index is 1.62. The van der Waals surface area contributed by atoms with Crippen molar-refractivity contribution in [2.24, 2.45) is 0 Å². The number of aryl methyl sites for hydroxylation is 1. The van der Waals surface area contributed by atoms with E-state index < -0.39 is 4.87 Å². The van der Waals surface area contributed by atoms with Gasteiger partial charge in [-0.25, -0.2) is 0 Å². The number of nitrogens with zero attached hydrogens (tertiary/aromatic N) is 2. The van der Waals surface area contributed by atoms with Crippen LogP contribution in [-0.2, 0) is 16.2 Å². The standard InChI is InChI=1S/C27H26N2O2S/c1-19-13-15-21(16-14-19)24(30)29-18-26(2,3)32-27(29)22-11-7-8-12-23(22)28(25(27)31)17-20-9-5-4-6-10-20/h4-16H,17-18H2,1-3H3. The number of hydrogen-bond donors (Lipinski definition) is 0. The molecule has 32 heavy (non-hydrogen) atoms. The number of benzene rings is 3. The molecular weight excluding hydrogens is 416 g/mol. The molecule has 1 fully saturated rings. The Labute approximate surface area is 193 Å². The summed E-state index contributed by atoms with van der Waals surface area (Å²) in [7, 11) is 0. The third kappa shape index (κ3) is 3.23. The molecule has 0 N–H and O–H groups in total. The summed E-state index contributed by atoms with van der Waals surface area (Å²) in [6, 6.07) is 25.5. The molecule has 1 unspecified atom stereocenters. The summed E-state index contributed by atoms with van der Waals surface area (Å²) in [5.74, 6) is -0.147. The summed E-state index contributed by atoms with van der Waals surface area (Å²) >= 11 is 1.59. The number of fused-ring (bicyclic) bond motifs is 2. The van der Waals surface area contributed by atoms with Crippen molar-refractivity contribution in [3.05, 3.63) is 101 Å². The van der Waals surface area contributed by atoms with E-state index in [0.29, 0.717) is 18.7 Å². The van der Waals surface area contributed by atoms with Gasteiger partial charge in [0.2, 0.25) is 0 Å². The van der Waals surface area contributed by atoms with Crippen LogP contribution < -0.4 is 4.90 Å². The van der Waals surface area contributed by atoms with Gasteiger partial charge in [0.1, 0.15) is 0 Å². The van der Waals surface area contributed by atoms with Crippen LogP contribution in [0.5, 0.6) is 0 Å². The van der Waals surface area contributed by atoms with Crippen molar-refractivity contribution in [3.63, 3.8) is 0 Å². The lowest BCUT2D eigenvalue weighted by Gasteiger charge is -2.33. The summed E-state index contributed by atoms with van der Waals surface area (Å²) in [4.78, 5) is 30.5. The summed E-state index contributed by atoms with van der Waals surface area (Å²) < 4.78 is -0.258. The highest BCUT2D eigenvalue weighted by Crippen LogP contribution is 2.60. The maximum Gasteiger partial charge on any atom is 0.268 e. The van der Waals surface area contributed by atoms with Crippen molar-refractivity contribution in [2.45, 2.75) is 36.9 Å². The van der Waals surface area contributed by atoms with Gasteiger partial charge in [0.15, 0.2) is 4.87 Å². The third-order valence-corrected chi connectivity index (χ3v) is 7.76. The van der Waals surface area contributed by atoms with E-state index >= 15 is 0 Å². The van der Waals surface area contributed by atoms with Crippen LogP contribution in [0.25, 0.3) is 0 Å². The van der Waals surface area contributed by atoms with Gasteiger partial charge in [-0.15, -0.1) is 11.8 Å². The molecule has 5 rings (SSSR count). The summed E-state index contributed by atoms with van der Waals surface area (Å²) in [6.07, 6.45) is 0. The molecule has 2 aliphatic heterocycles. The highest BCUT2D eigenvalue weighted by molar-refractivity contribution is 8.02. The van der Waals surface area contributed by atoms with Crippen molar-refractivity contribution >= 4 is 29.3 Å². The van der Waals surface area contributed by atoms with Crippen LogP contribution in [0.4, 0.5) is 5.69 Å². The average molecular weight is 443 g/mol. The molecule has 2 aliphatic rings. The van der Waals surface area contributed by atoms with E-state index in [2.05, 4.69) is 13.8 Å². The normalized spacial score (nSPS) is 21.3. The van der Waals surface area contributed by atoms with Crippen LogP contribution in [0, 0.1) is 6.92 Å². The second-order valence-electron chi connectivity index (χ2n) is 9.16. The minimum absolute atomic E-state index is 0.0430. The summed E-state index contributed by atoms with van der Waals surface area (Å²) in [5.41, 5.74) is 4.56. The van der Waals surface area contributed by atoms with Gasteiger partial charge in [-0.05, 0) is 44.5 Å². The Kier molecular flexibility index (Phi) is 4.90. The topological polar surface area (TPSA) is 40.6 Å². The highest BCUT2D eigenvalue weighted by atomic mass is 32.2. The Morgan fingerprint density at radius 2 is 1.59 bits per heavy atom. The molecule has 2 heterocycles. The SMILES string of the molecule is Cc1ccc(C(=O)N2CC(C)(C)SC23C(=O)N(Cc2ccccc2)c2ccccc23)cc1. The molecule has 2 amide bonds. The largest absolute Gasteiger partial charge is 0.310 e. The average Bonchev–Trinajstić information content (AvgIpc) is 3.21. The molecule has 3 aromatic rings. The van der Waals surface area contributed by atoms with Gasteiger partial charge < -0.3 is 9.80 Å². The molecule has 1 saturated heterocycles. The lowest BCUT2D eigenvalue weighted by molar-refractivity contribution is -0.123. The zero-order valence-corrected chi connectivity index (χ0v) is 19.4. The summed E-state index contributed by atoms with van der Waals surface area (Å²) in [6.45, 7) is 7.20. The predicted molar refractivity (Wildman–Crippen MR) is 130 cm³/mol. The van der Waals surface area contributed by atoms with Gasteiger partial charge in [-0.1, -0.05) is 66.2 Å². The van der Waals surface area contributed by atoms with Crippen LogP contribution in [0.15, 0.2) is 78.9 Å². The number of amides is 2. The second-order valence-corrected chi connectivity index (χ2v) is 11.1. The number of rotatable bonds is 3. The molecule has 1 atom stereocenters. The Bertz CT molecular complexity index is 1190. The van der Waals surface area contributed by atoms with Crippen LogP contribution in [-0.4, -0.2) is 28.0 Å². The maximum absolute atomic E-state index is 14.2. The van der Waals surface area contributed by atoms with Gasteiger partial charge in [0, 0.05) is 22.4 Å². The number of thioether (sulfide) groups is 1. The fraction of sp³-hybridized carbons (Fsp3) is 0.259. The fourth-order valence-electron chi connectivity index (χ4n) is 4.73. The number of carbonyl (C=O) groups excluding carboxylic acids is 2. The van der Waals surface area contributed by atoms with Crippen molar-refractivity contribution in [3.8, 4) is 0 Å². The lowest BCUT2D eigenvalue weighted by atomic mass is 10.0. The van der Waals surface area contributed by atoms with Crippen LogP contribution >= 0.6 is 11.8 Å². The van der Waals surface area contributed by atoms with E-state index in [0.717, 1.165) is 22.4 Å². The molecule has 162 valence electrons. The van der Waals surface area contributed by atoms with Crippen molar-refractivity contribution in [1.82, 2.24) is 4.90 Å². The van der Waals surface area contributed by atoms with Crippen molar-refractivity contribution in [2.75, 3.05) is 11.4 Å². The first-order valence-corrected chi connectivity index (χ1v) is 11.7.